The van der Waals surface area contributed by atoms with Crippen LogP contribution in [-0.2, 0) is 9.59 Å². The molecule has 0 bridgehead atoms. The molecule has 0 saturated carbocycles. The molecule has 208 valence electrons. The van der Waals surface area contributed by atoms with Crippen molar-refractivity contribution in [2.75, 3.05) is 0 Å². The second-order valence-electron chi connectivity index (χ2n) is 11.5. The van der Waals surface area contributed by atoms with Gasteiger partial charge in [0.1, 0.15) is 0 Å². The van der Waals surface area contributed by atoms with Crippen molar-refractivity contribution in [1.29, 1.82) is 0 Å². The molecule has 0 saturated heterocycles. The van der Waals surface area contributed by atoms with Crippen LogP contribution in [0.3, 0.4) is 0 Å². The molecule has 4 unspecified atom stereocenters. The van der Waals surface area contributed by atoms with E-state index in [0.717, 1.165) is 77.0 Å². The van der Waals surface area contributed by atoms with Gasteiger partial charge in [0.05, 0.1) is 5.41 Å². The van der Waals surface area contributed by atoms with Crippen molar-refractivity contribution in [3.05, 3.63) is 0 Å². The van der Waals surface area contributed by atoms with Crippen molar-refractivity contribution in [1.82, 2.24) is 0 Å². The monoisotopic (exact) mass is 496 g/mol. The third kappa shape index (κ3) is 13.2. The summed E-state index contributed by atoms with van der Waals surface area (Å²) in [6.07, 6.45) is 18.6. The summed E-state index contributed by atoms with van der Waals surface area (Å²) in [6.45, 7) is 13.3. The molecule has 0 fully saturated rings. The van der Waals surface area contributed by atoms with E-state index in [4.69, 9.17) is 5.11 Å². The predicted molar refractivity (Wildman–Crippen MR) is 149 cm³/mol. The van der Waals surface area contributed by atoms with Crippen LogP contribution in [0, 0.1) is 29.1 Å². The molecule has 0 radical (unpaired) electrons. The Bertz CT molecular complexity index is 544. The summed E-state index contributed by atoms with van der Waals surface area (Å²) in [5.74, 6) is 0.186. The van der Waals surface area contributed by atoms with Gasteiger partial charge in [0.2, 0.25) is 0 Å². The van der Waals surface area contributed by atoms with E-state index in [1.807, 2.05) is 0 Å². The van der Waals surface area contributed by atoms with E-state index in [1.54, 1.807) is 0 Å². The molecular weight excluding hydrogens is 436 g/mol. The highest BCUT2D eigenvalue weighted by atomic mass is 16.4. The highest BCUT2D eigenvalue weighted by Gasteiger charge is 2.49. The number of carboxylic acid groups (broad SMARTS) is 2. The lowest BCUT2D eigenvalue weighted by Gasteiger charge is -2.44. The maximum atomic E-state index is 13.1. The number of hydrogen-bond acceptors (Lipinski definition) is 2. The summed E-state index contributed by atoms with van der Waals surface area (Å²) >= 11 is 0. The highest BCUT2D eigenvalue weighted by molar-refractivity contribution is 5.75. The maximum Gasteiger partial charge on any atom is 0.310 e. The van der Waals surface area contributed by atoms with Gasteiger partial charge in [0.15, 0.2) is 0 Å². The van der Waals surface area contributed by atoms with E-state index in [1.165, 1.54) is 32.1 Å². The first-order valence-electron chi connectivity index (χ1n) is 15.1. The molecule has 35 heavy (non-hydrogen) atoms. The van der Waals surface area contributed by atoms with Crippen LogP contribution in [0.1, 0.15) is 157 Å². The van der Waals surface area contributed by atoms with Gasteiger partial charge < -0.3 is 10.2 Å². The van der Waals surface area contributed by atoms with Crippen LogP contribution in [0.25, 0.3) is 0 Å². The number of unbranched alkanes of at least 4 members (excludes halogenated alkanes) is 7. The zero-order valence-corrected chi connectivity index (χ0v) is 24.2. The van der Waals surface area contributed by atoms with Gasteiger partial charge in [-0.25, -0.2) is 0 Å². The number of carbonyl (C=O) groups is 2. The lowest BCUT2D eigenvalue weighted by molar-refractivity contribution is -0.160. The van der Waals surface area contributed by atoms with E-state index in [9.17, 15) is 14.7 Å². The topological polar surface area (TPSA) is 74.6 Å². The molecule has 0 aromatic rings. The van der Waals surface area contributed by atoms with E-state index in [-0.39, 0.29) is 18.3 Å². The fourth-order valence-electron chi connectivity index (χ4n) is 6.15. The molecule has 4 atom stereocenters. The molecule has 0 aliphatic carbocycles. The van der Waals surface area contributed by atoms with Gasteiger partial charge in [-0.15, -0.1) is 0 Å². The van der Waals surface area contributed by atoms with Crippen molar-refractivity contribution >= 4 is 11.9 Å². The number of carboxylic acids is 2. The minimum absolute atomic E-state index is 0.125. The standard InChI is InChI=1S/C31H60O4/c1-7-11-19-26(9-3)23-28(21-17-15-13-14-16-18-22-29(32)33)31(25(5)6,30(34)35)24-27(10-4)20-12-8-2/h25-28H,7-24H2,1-6H3,(H,32,33)(H,34,35). The zero-order valence-electron chi connectivity index (χ0n) is 24.2. The van der Waals surface area contributed by atoms with Crippen LogP contribution in [0.5, 0.6) is 0 Å². The molecule has 0 aromatic carbocycles. The first kappa shape index (κ1) is 33.9. The first-order chi connectivity index (χ1) is 16.7. The Morgan fingerprint density at radius 2 is 1.20 bits per heavy atom. The predicted octanol–water partition coefficient (Wildman–Crippen LogP) is 9.75. The van der Waals surface area contributed by atoms with Gasteiger partial charge in [-0.3, -0.25) is 9.59 Å². The van der Waals surface area contributed by atoms with Gasteiger partial charge in [-0.1, -0.05) is 125 Å². The van der Waals surface area contributed by atoms with Crippen molar-refractivity contribution in [3.8, 4) is 0 Å². The molecule has 0 aromatic heterocycles. The van der Waals surface area contributed by atoms with Crippen LogP contribution in [0.15, 0.2) is 0 Å². The van der Waals surface area contributed by atoms with Crippen LogP contribution in [-0.4, -0.2) is 22.2 Å². The average Bonchev–Trinajstić information content (AvgIpc) is 2.82. The fourth-order valence-corrected chi connectivity index (χ4v) is 6.15. The number of aliphatic carboxylic acids is 2. The van der Waals surface area contributed by atoms with Crippen molar-refractivity contribution in [3.63, 3.8) is 0 Å². The van der Waals surface area contributed by atoms with Crippen LogP contribution in [0.4, 0.5) is 0 Å². The molecule has 0 spiro atoms. The Morgan fingerprint density at radius 3 is 1.66 bits per heavy atom. The Labute approximate surface area is 218 Å². The largest absolute Gasteiger partial charge is 0.481 e. The van der Waals surface area contributed by atoms with Crippen LogP contribution < -0.4 is 0 Å². The van der Waals surface area contributed by atoms with Crippen LogP contribution >= 0.6 is 0 Å². The third-order valence-corrected chi connectivity index (χ3v) is 8.68. The first-order valence-corrected chi connectivity index (χ1v) is 15.1. The molecule has 0 aliphatic heterocycles. The summed E-state index contributed by atoms with van der Waals surface area (Å²) in [6, 6.07) is 0. The van der Waals surface area contributed by atoms with Crippen LogP contribution in [0.2, 0.25) is 0 Å². The third-order valence-electron chi connectivity index (χ3n) is 8.68. The molecular formula is C31H60O4. The summed E-state index contributed by atoms with van der Waals surface area (Å²) in [5.41, 5.74) is -0.643. The average molecular weight is 497 g/mol. The van der Waals surface area contributed by atoms with Gasteiger partial charge in [0.25, 0.3) is 0 Å². The van der Waals surface area contributed by atoms with E-state index >= 15 is 0 Å². The molecule has 0 aliphatic rings. The summed E-state index contributed by atoms with van der Waals surface area (Å²) in [4.78, 5) is 23.8. The number of hydrogen-bond donors (Lipinski definition) is 2. The Balaban J connectivity index is 5.56. The Kier molecular flexibility index (Phi) is 19.4. The lowest BCUT2D eigenvalue weighted by Crippen LogP contribution is -2.45. The van der Waals surface area contributed by atoms with E-state index in [0.29, 0.717) is 11.8 Å². The van der Waals surface area contributed by atoms with E-state index in [2.05, 4.69) is 41.5 Å². The van der Waals surface area contributed by atoms with Gasteiger partial charge in [-0.05, 0) is 49.4 Å². The molecule has 0 amide bonds. The summed E-state index contributed by atoms with van der Waals surface area (Å²) in [7, 11) is 0. The van der Waals surface area contributed by atoms with Gasteiger partial charge in [0, 0.05) is 6.42 Å². The number of rotatable bonds is 24. The molecule has 4 nitrogen and oxygen atoms in total. The quantitative estimate of drug-likeness (QED) is 0.130. The Hall–Kier alpha value is -1.06. The highest BCUT2D eigenvalue weighted by Crippen LogP contribution is 2.49. The van der Waals surface area contributed by atoms with Crippen molar-refractivity contribution < 1.29 is 19.8 Å². The summed E-state index contributed by atoms with van der Waals surface area (Å²) < 4.78 is 0. The minimum Gasteiger partial charge on any atom is -0.481 e. The van der Waals surface area contributed by atoms with Gasteiger partial charge >= 0.3 is 11.9 Å². The maximum absolute atomic E-state index is 13.1. The van der Waals surface area contributed by atoms with E-state index < -0.39 is 17.4 Å². The normalized spacial score (nSPS) is 16.1. The van der Waals surface area contributed by atoms with Crippen molar-refractivity contribution in [2.24, 2.45) is 29.1 Å². The smallest absolute Gasteiger partial charge is 0.310 e. The SMILES string of the molecule is CCCCC(CC)CC(CCCCCCCCC(=O)O)C(CC(CC)CCCC)(C(=O)O)C(C)C. The molecule has 4 heteroatoms. The lowest BCUT2D eigenvalue weighted by atomic mass is 9.59. The summed E-state index contributed by atoms with van der Waals surface area (Å²) in [5, 5.41) is 19.6. The second-order valence-corrected chi connectivity index (χ2v) is 11.5. The minimum atomic E-state index is -0.704. The van der Waals surface area contributed by atoms with Crippen molar-refractivity contribution in [2.45, 2.75) is 157 Å². The zero-order chi connectivity index (χ0) is 26.7. The van der Waals surface area contributed by atoms with Gasteiger partial charge in [-0.2, -0.15) is 0 Å². The molecule has 0 heterocycles. The fraction of sp³-hybridized carbons (Fsp3) is 0.935. The molecule has 2 N–H and O–H groups in total. The Morgan fingerprint density at radius 1 is 0.686 bits per heavy atom. The molecule has 0 rings (SSSR count). The second kappa shape index (κ2) is 20.0.